The number of hydrogen-bond acceptors (Lipinski definition) is 4. The number of tetrazole rings is 1. The maximum absolute atomic E-state index is 4.60. The highest BCUT2D eigenvalue weighted by atomic mass is 127. The van der Waals surface area contributed by atoms with E-state index in [0.717, 1.165) is 18.5 Å². The van der Waals surface area contributed by atoms with Gasteiger partial charge in [-0.3, -0.25) is 4.68 Å². The third-order valence-corrected chi connectivity index (χ3v) is 3.82. The smallest absolute Gasteiger partial charge is 0.196 e. The Morgan fingerprint density at radius 3 is 2.47 bits per heavy atom. The molecule has 0 aliphatic heterocycles. The van der Waals surface area contributed by atoms with Crippen molar-refractivity contribution >= 4 is 22.6 Å². The standard InChI is InChI=1S/C10H15IN6/c1-4-7-10(11)8(5-2)17(13-7)6-9-12-15-16(3)14-9/h4-6H2,1-3H3. The van der Waals surface area contributed by atoms with Gasteiger partial charge in [0.25, 0.3) is 0 Å². The summed E-state index contributed by atoms with van der Waals surface area (Å²) in [7, 11) is 1.77. The summed E-state index contributed by atoms with van der Waals surface area (Å²) in [6.45, 7) is 4.85. The van der Waals surface area contributed by atoms with Crippen molar-refractivity contribution in [1.82, 2.24) is 30.0 Å². The summed E-state index contributed by atoms with van der Waals surface area (Å²) in [6, 6.07) is 0. The first-order valence-electron chi connectivity index (χ1n) is 5.62. The Kier molecular flexibility index (Phi) is 3.75. The van der Waals surface area contributed by atoms with E-state index in [2.05, 4.69) is 56.9 Å². The van der Waals surface area contributed by atoms with Gasteiger partial charge in [0, 0.05) is 0 Å². The topological polar surface area (TPSA) is 61.4 Å². The van der Waals surface area contributed by atoms with E-state index in [4.69, 9.17) is 0 Å². The zero-order chi connectivity index (χ0) is 12.4. The lowest BCUT2D eigenvalue weighted by molar-refractivity contribution is 0.602. The molecule has 0 aromatic carbocycles. The summed E-state index contributed by atoms with van der Waals surface area (Å²) in [6.07, 6.45) is 1.91. The summed E-state index contributed by atoms with van der Waals surface area (Å²) in [5, 5.41) is 16.6. The number of hydrogen-bond donors (Lipinski definition) is 0. The van der Waals surface area contributed by atoms with Gasteiger partial charge in [0.1, 0.15) is 6.54 Å². The van der Waals surface area contributed by atoms with Crippen molar-refractivity contribution < 1.29 is 0 Å². The van der Waals surface area contributed by atoms with Crippen LogP contribution in [0.4, 0.5) is 0 Å². The summed E-state index contributed by atoms with van der Waals surface area (Å²) in [5.41, 5.74) is 2.39. The third-order valence-electron chi connectivity index (χ3n) is 2.57. The highest BCUT2D eigenvalue weighted by Gasteiger charge is 2.14. The number of aromatic nitrogens is 6. The predicted octanol–water partition coefficient (Wildman–Crippen LogP) is 1.18. The Labute approximate surface area is 114 Å². The first kappa shape index (κ1) is 12.5. The molecule has 2 aromatic heterocycles. The predicted molar refractivity (Wildman–Crippen MR) is 71.6 cm³/mol. The fourth-order valence-electron chi connectivity index (χ4n) is 1.74. The summed E-state index contributed by atoms with van der Waals surface area (Å²) < 4.78 is 3.24. The normalized spacial score (nSPS) is 11.1. The average molecular weight is 346 g/mol. The fraction of sp³-hybridized carbons (Fsp3) is 0.600. The minimum Gasteiger partial charge on any atom is -0.260 e. The molecule has 0 radical (unpaired) electrons. The van der Waals surface area contributed by atoms with Gasteiger partial charge in [0.05, 0.1) is 22.0 Å². The van der Waals surface area contributed by atoms with Crippen molar-refractivity contribution in [3.63, 3.8) is 0 Å². The molecule has 0 amide bonds. The molecule has 7 heteroatoms. The molecule has 0 fully saturated rings. The summed E-state index contributed by atoms with van der Waals surface area (Å²) >= 11 is 2.36. The minimum absolute atomic E-state index is 0.590. The summed E-state index contributed by atoms with van der Waals surface area (Å²) in [4.78, 5) is 1.47. The maximum Gasteiger partial charge on any atom is 0.196 e. The lowest BCUT2D eigenvalue weighted by Gasteiger charge is -2.02. The average Bonchev–Trinajstić information content (AvgIpc) is 2.83. The first-order chi connectivity index (χ1) is 8.15. The number of nitrogens with zero attached hydrogens (tertiary/aromatic N) is 6. The maximum atomic E-state index is 4.60. The van der Waals surface area contributed by atoms with Crippen LogP contribution in [0.2, 0.25) is 0 Å². The van der Waals surface area contributed by atoms with Crippen LogP contribution >= 0.6 is 22.6 Å². The molecule has 0 bridgehead atoms. The van der Waals surface area contributed by atoms with Gasteiger partial charge in [0.2, 0.25) is 0 Å². The number of halogens is 1. The number of aryl methyl sites for hydroxylation is 2. The Balaban J connectivity index is 2.32. The van der Waals surface area contributed by atoms with Gasteiger partial charge in [-0.15, -0.1) is 10.2 Å². The minimum atomic E-state index is 0.590. The van der Waals surface area contributed by atoms with Gasteiger partial charge in [0.15, 0.2) is 5.82 Å². The molecule has 0 aliphatic rings. The molecular weight excluding hydrogens is 331 g/mol. The Morgan fingerprint density at radius 1 is 1.18 bits per heavy atom. The van der Waals surface area contributed by atoms with Crippen LogP contribution in [-0.4, -0.2) is 30.0 Å². The zero-order valence-corrected chi connectivity index (χ0v) is 12.3. The van der Waals surface area contributed by atoms with E-state index in [1.54, 1.807) is 7.05 Å². The molecule has 0 aliphatic carbocycles. The first-order valence-corrected chi connectivity index (χ1v) is 6.70. The van der Waals surface area contributed by atoms with E-state index in [1.807, 2.05) is 4.68 Å². The monoisotopic (exact) mass is 346 g/mol. The molecule has 2 aromatic rings. The lowest BCUT2D eigenvalue weighted by Crippen LogP contribution is -2.08. The van der Waals surface area contributed by atoms with Crippen LogP contribution in [0.3, 0.4) is 0 Å². The van der Waals surface area contributed by atoms with Crippen LogP contribution in [0.5, 0.6) is 0 Å². The van der Waals surface area contributed by atoms with Gasteiger partial charge >= 0.3 is 0 Å². The van der Waals surface area contributed by atoms with Crippen molar-refractivity contribution in [2.24, 2.45) is 7.05 Å². The zero-order valence-electron chi connectivity index (χ0n) is 10.2. The second kappa shape index (κ2) is 5.11. The molecule has 92 valence electrons. The Bertz CT molecular complexity index is 515. The Hall–Kier alpha value is -0.990. The van der Waals surface area contributed by atoms with E-state index in [-0.39, 0.29) is 0 Å². The molecule has 0 N–H and O–H groups in total. The van der Waals surface area contributed by atoms with Gasteiger partial charge in [-0.25, -0.2) is 0 Å². The summed E-state index contributed by atoms with van der Waals surface area (Å²) in [5.74, 6) is 0.698. The van der Waals surface area contributed by atoms with Crippen LogP contribution in [0.25, 0.3) is 0 Å². The molecule has 0 saturated carbocycles. The molecular formula is C10H15IN6. The van der Waals surface area contributed by atoms with E-state index < -0.39 is 0 Å². The van der Waals surface area contributed by atoms with Gasteiger partial charge in [-0.05, 0) is 40.6 Å². The third kappa shape index (κ3) is 2.48. The molecule has 6 nitrogen and oxygen atoms in total. The highest BCUT2D eigenvalue weighted by molar-refractivity contribution is 14.1. The second-order valence-electron chi connectivity index (χ2n) is 3.77. The van der Waals surface area contributed by atoms with Crippen molar-refractivity contribution in [3.8, 4) is 0 Å². The van der Waals surface area contributed by atoms with Gasteiger partial charge in [-0.1, -0.05) is 13.8 Å². The van der Waals surface area contributed by atoms with Crippen LogP contribution in [0.1, 0.15) is 31.1 Å². The molecule has 0 unspecified atom stereocenters. The van der Waals surface area contributed by atoms with E-state index in [9.17, 15) is 0 Å². The van der Waals surface area contributed by atoms with Crippen LogP contribution in [0.15, 0.2) is 0 Å². The lowest BCUT2D eigenvalue weighted by atomic mass is 10.2. The van der Waals surface area contributed by atoms with E-state index in [1.165, 1.54) is 14.1 Å². The molecule has 0 spiro atoms. The quantitative estimate of drug-likeness (QED) is 0.781. The van der Waals surface area contributed by atoms with Crippen molar-refractivity contribution in [2.75, 3.05) is 0 Å². The van der Waals surface area contributed by atoms with Gasteiger partial charge < -0.3 is 0 Å². The van der Waals surface area contributed by atoms with Crippen molar-refractivity contribution in [3.05, 3.63) is 20.8 Å². The molecule has 0 saturated heterocycles. The van der Waals surface area contributed by atoms with Gasteiger partial charge in [-0.2, -0.15) is 9.90 Å². The van der Waals surface area contributed by atoms with Crippen LogP contribution < -0.4 is 0 Å². The second-order valence-corrected chi connectivity index (χ2v) is 4.85. The SMILES string of the molecule is CCc1nn(Cc2nnn(C)n2)c(CC)c1I. The van der Waals surface area contributed by atoms with E-state index >= 15 is 0 Å². The van der Waals surface area contributed by atoms with Crippen LogP contribution in [0, 0.1) is 3.57 Å². The van der Waals surface area contributed by atoms with Crippen LogP contribution in [-0.2, 0) is 26.4 Å². The molecule has 2 rings (SSSR count). The van der Waals surface area contributed by atoms with E-state index in [0.29, 0.717) is 12.4 Å². The molecule has 17 heavy (non-hydrogen) atoms. The largest absolute Gasteiger partial charge is 0.260 e. The Morgan fingerprint density at radius 2 is 1.94 bits per heavy atom. The number of rotatable bonds is 4. The molecule has 2 heterocycles. The fourth-order valence-corrected chi connectivity index (χ4v) is 2.89. The molecule has 0 atom stereocenters. The van der Waals surface area contributed by atoms with Crippen molar-refractivity contribution in [1.29, 1.82) is 0 Å². The van der Waals surface area contributed by atoms with Crippen molar-refractivity contribution in [2.45, 2.75) is 33.2 Å². The highest BCUT2D eigenvalue weighted by Crippen LogP contribution is 2.18.